The van der Waals surface area contributed by atoms with Gasteiger partial charge in [-0.15, -0.1) is 6.58 Å². The van der Waals surface area contributed by atoms with E-state index in [1.54, 1.807) is 32.0 Å². The zero-order valence-corrected chi connectivity index (χ0v) is 18.1. The van der Waals surface area contributed by atoms with Crippen molar-refractivity contribution in [2.24, 2.45) is 5.73 Å². The first-order valence-electron chi connectivity index (χ1n) is 8.29. The summed E-state index contributed by atoms with van der Waals surface area (Å²) in [5.74, 6) is -0.442. The van der Waals surface area contributed by atoms with Crippen LogP contribution in [0.3, 0.4) is 0 Å². The summed E-state index contributed by atoms with van der Waals surface area (Å²) in [7, 11) is -3.93. The molecule has 0 aliphatic carbocycles. The molecule has 28 heavy (non-hydrogen) atoms. The molecule has 1 aromatic carbocycles. The van der Waals surface area contributed by atoms with Crippen molar-refractivity contribution in [3.8, 4) is 0 Å². The van der Waals surface area contributed by atoms with Crippen LogP contribution < -0.4 is 10.5 Å². The van der Waals surface area contributed by atoms with Gasteiger partial charge < -0.3 is 10.5 Å². The molecule has 0 spiro atoms. The molecule has 0 aliphatic heterocycles. The Morgan fingerprint density at radius 2 is 2.18 bits per heavy atom. The van der Waals surface area contributed by atoms with Crippen molar-refractivity contribution < 1.29 is 17.9 Å². The van der Waals surface area contributed by atoms with E-state index in [2.05, 4.69) is 16.3 Å². The highest BCUT2D eigenvalue weighted by molar-refractivity contribution is 7.93. The molecule has 1 unspecified atom stereocenters. The van der Waals surface area contributed by atoms with Crippen LogP contribution in [0.5, 0.6) is 0 Å². The van der Waals surface area contributed by atoms with Gasteiger partial charge in [0, 0.05) is 24.7 Å². The van der Waals surface area contributed by atoms with Crippen molar-refractivity contribution in [3.63, 3.8) is 0 Å². The van der Waals surface area contributed by atoms with Gasteiger partial charge in [-0.3, -0.25) is 9.52 Å². The summed E-state index contributed by atoms with van der Waals surface area (Å²) < 4.78 is 33.7. The number of thiazole rings is 1. The lowest BCUT2D eigenvalue weighted by molar-refractivity contribution is -0.154. The largest absolute Gasteiger partial charge is 0.454 e. The van der Waals surface area contributed by atoms with Gasteiger partial charge in [-0.2, -0.15) is 0 Å². The lowest BCUT2D eigenvalue weighted by Crippen LogP contribution is -2.23. The summed E-state index contributed by atoms with van der Waals surface area (Å²) >= 11 is 7.24. The molecule has 1 heterocycles. The molecule has 0 saturated heterocycles. The number of halogens is 1. The number of aromatic nitrogens is 1. The molecular weight excluding hydrogens is 422 g/mol. The van der Waals surface area contributed by atoms with E-state index < -0.39 is 26.8 Å². The Balaban J connectivity index is 2.34. The fraction of sp³-hybridized carbons (Fsp3) is 0.333. The lowest BCUT2D eigenvalue weighted by atomic mass is 10.0. The van der Waals surface area contributed by atoms with E-state index in [-0.39, 0.29) is 11.7 Å². The van der Waals surface area contributed by atoms with Crippen molar-refractivity contribution in [3.05, 3.63) is 58.1 Å². The van der Waals surface area contributed by atoms with E-state index in [9.17, 15) is 13.2 Å². The first-order chi connectivity index (χ1) is 13.0. The molecule has 3 N–H and O–H groups in total. The third-order valence-corrected chi connectivity index (χ3v) is 7.24. The van der Waals surface area contributed by atoms with Crippen LogP contribution in [0, 0.1) is 0 Å². The average Bonchev–Trinajstić information content (AvgIpc) is 3.03. The summed E-state index contributed by atoms with van der Waals surface area (Å²) in [6.45, 7) is 8.45. The predicted molar refractivity (Wildman–Crippen MR) is 112 cm³/mol. The number of hydrogen-bond acceptors (Lipinski definition) is 7. The molecule has 2 rings (SSSR count). The fourth-order valence-corrected chi connectivity index (χ4v) is 5.38. The first-order valence-corrected chi connectivity index (χ1v) is 11.0. The molecule has 0 aliphatic rings. The summed E-state index contributed by atoms with van der Waals surface area (Å²) in [6, 6.07) is 4.96. The zero-order chi connectivity index (χ0) is 21.1. The Kier molecular flexibility index (Phi) is 6.87. The molecule has 0 radical (unpaired) electrons. The standard InChI is InChI=1S/C18H22ClN3O4S2/c1-5-15(12-7-6-8-14(19)13(12)9-20)28(24,25)22-17-21-10-16(27-17)18(3,4)26-11(2)23/h5-8,10,15H,1,9,20H2,2-4H3,(H,21,22). The number of anilines is 1. The average molecular weight is 444 g/mol. The summed E-state index contributed by atoms with van der Waals surface area (Å²) in [5, 5.41) is -0.529. The summed E-state index contributed by atoms with van der Waals surface area (Å²) in [6.07, 6.45) is 2.78. The molecule has 7 nitrogen and oxygen atoms in total. The smallest absolute Gasteiger partial charge is 0.303 e. The topological polar surface area (TPSA) is 111 Å². The van der Waals surface area contributed by atoms with E-state index in [1.165, 1.54) is 19.2 Å². The molecule has 0 saturated carbocycles. The van der Waals surface area contributed by atoms with E-state index in [0.717, 1.165) is 11.3 Å². The van der Waals surface area contributed by atoms with Crippen molar-refractivity contribution >= 4 is 44.1 Å². The highest BCUT2D eigenvalue weighted by Gasteiger charge is 2.30. The van der Waals surface area contributed by atoms with Crippen LogP contribution >= 0.6 is 22.9 Å². The highest BCUT2D eigenvalue weighted by atomic mass is 35.5. The van der Waals surface area contributed by atoms with Gasteiger partial charge in [0.2, 0.25) is 10.0 Å². The lowest BCUT2D eigenvalue weighted by Gasteiger charge is -2.22. The summed E-state index contributed by atoms with van der Waals surface area (Å²) in [4.78, 5) is 16.0. The maximum atomic E-state index is 13.0. The van der Waals surface area contributed by atoms with Crippen LogP contribution in [-0.2, 0) is 31.7 Å². The second-order valence-electron chi connectivity index (χ2n) is 6.45. The van der Waals surface area contributed by atoms with Gasteiger partial charge in [0.05, 0.1) is 4.88 Å². The van der Waals surface area contributed by atoms with Gasteiger partial charge >= 0.3 is 5.97 Å². The first kappa shape index (κ1) is 22.4. The van der Waals surface area contributed by atoms with Crippen LogP contribution in [0.4, 0.5) is 5.13 Å². The van der Waals surface area contributed by atoms with Crippen LogP contribution in [-0.4, -0.2) is 19.4 Å². The maximum Gasteiger partial charge on any atom is 0.303 e. The number of nitrogens with one attached hydrogen (secondary N) is 1. The number of esters is 1. The SMILES string of the molecule is C=CC(c1cccc(Cl)c1CN)S(=O)(=O)Nc1ncc(C(C)(C)OC(C)=O)s1. The van der Waals surface area contributed by atoms with Crippen molar-refractivity contribution in [2.75, 3.05) is 4.72 Å². The van der Waals surface area contributed by atoms with Crippen molar-refractivity contribution in [2.45, 2.75) is 38.2 Å². The minimum atomic E-state index is -3.93. The highest BCUT2D eigenvalue weighted by Crippen LogP contribution is 2.35. The number of ether oxygens (including phenoxy) is 1. The number of sulfonamides is 1. The van der Waals surface area contributed by atoms with E-state index in [4.69, 9.17) is 22.1 Å². The van der Waals surface area contributed by atoms with Gasteiger partial charge in [0.25, 0.3) is 0 Å². The van der Waals surface area contributed by atoms with Crippen molar-refractivity contribution in [1.82, 2.24) is 4.98 Å². The molecule has 1 atom stereocenters. The second-order valence-corrected chi connectivity index (χ2v) is 9.69. The molecule has 2 aromatic rings. The molecule has 1 aromatic heterocycles. The van der Waals surface area contributed by atoms with Crippen LogP contribution in [0.25, 0.3) is 0 Å². The Morgan fingerprint density at radius 3 is 2.75 bits per heavy atom. The zero-order valence-electron chi connectivity index (χ0n) is 15.7. The van der Waals surface area contributed by atoms with Gasteiger partial charge in [0.1, 0.15) is 10.9 Å². The number of carbonyl (C=O) groups excluding carboxylic acids is 1. The number of nitrogens with two attached hydrogens (primary N) is 1. The van der Waals surface area contributed by atoms with Gasteiger partial charge in [-0.25, -0.2) is 13.4 Å². The third-order valence-electron chi connectivity index (χ3n) is 3.94. The van der Waals surface area contributed by atoms with Gasteiger partial charge in [-0.05, 0) is 31.0 Å². The van der Waals surface area contributed by atoms with Crippen LogP contribution in [0.15, 0.2) is 37.1 Å². The van der Waals surface area contributed by atoms with Crippen LogP contribution in [0.1, 0.15) is 42.0 Å². The van der Waals surface area contributed by atoms with Crippen molar-refractivity contribution in [1.29, 1.82) is 0 Å². The number of rotatable bonds is 8. The minimum Gasteiger partial charge on any atom is -0.454 e. The van der Waals surface area contributed by atoms with E-state index in [1.807, 2.05) is 0 Å². The Hall–Kier alpha value is -1.94. The molecular formula is C18H22ClN3O4S2. The Labute approximate surface area is 173 Å². The number of nitrogens with zero attached hydrogens (tertiary/aromatic N) is 1. The number of carbonyl (C=O) groups is 1. The second kappa shape index (κ2) is 8.60. The maximum absolute atomic E-state index is 13.0. The number of benzene rings is 1. The monoisotopic (exact) mass is 443 g/mol. The van der Waals surface area contributed by atoms with Crippen LogP contribution in [0.2, 0.25) is 5.02 Å². The molecule has 0 bridgehead atoms. The molecule has 152 valence electrons. The Bertz CT molecular complexity index is 986. The van der Waals surface area contributed by atoms with E-state index in [0.29, 0.717) is 21.0 Å². The van der Waals surface area contributed by atoms with Gasteiger partial charge in [-0.1, -0.05) is 41.1 Å². The minimum absolute atomic E-state index is 0.0901. The van der Waals surface area contributed by atoms with Gasteiger partial charge in [0.15, 0.2) is 5.13 Å². The predicted octanol–water partition coefficient (Wildman–Crippen LogP) is 3.72. The quantitative estimate of drug-likeness (QED) is 0.475. The summed E-state index contributed by atoms with van der Waals surface area (Å²) in [5.41, 5.74) is 5.81. The van der Waals surface area contributed by atoms with E-state index >= 15 is 0 Å². The third kappa shape index (κ3) is 4.91. The molecule has 0 fully saturated rings. The fourth-order valence-electron chi connectivity index (χ4n) is 2.67. The molecule has 10 heteroatoms. The normalized spacial score (nSPS) is 13.0. The Morgan fingerprint density at radius 1 is 1.50 bits per heavy atom. The molecule has 0 amide bonds. The number of hydrogen-bond donors (Lipinski definition) is 2.